The Morgan fingerprint density at radius 1 is 0.780 bits per heavy atom. The van der Waals surface area contributed by atoms with E-state index in [0.29, 0.717) is 17.6 Å². The second-order valence-electron chi connectivity index (χ2n) is 11.9. The second-order valence-corrected chi connectivity index (χ2v) is 11.9. The van der Waals surface area contributed by atoms with Crippen molar-refractivity contribution in [2.75, 3.05) is 0 Å². The minimum absolute atomic E-state index is 0.0547. The van der Waals surface area contributed by atoms with Gasteiger partial charge in [-0.05, 0) is 98.1 Å². The van der Waals surface area contributed by atoms with E-state index in [1.165, 1.54) is 22.3 Å². The number of fused-ring (bicyclic) bond motifs is 2. The normalized spacial score (nSPS) is 22.0. The quantitative estimate of drug-likeness (QED) is 0.348. The van der Waals surface area contributed by atoms with Crippen LogP contribution in [0.15, 0.2) is 77.9 Å². The molecule has 2 N–H and O–H groups in total. The van der Waals surface area contributed by atoms with Gasteiger partial charge >= 0.3 is 0 Å². The van der Waals surface area contributed by atoms with E-state index < -0.39 is 6.04 Å². The molecule has 4 heteroatoms. The first-order chi connectivity index (χ1) is 19.7. The molecule has 2 aliphatic rings. The van der Waals surface area contributed by atoms with E-state index in [2.05, 4.69) is 64.1 Å². The first-order valence-electron chi connectivity index (χ1n) is 15.0. The van der Waals surface area contributed by atoms with E-state index in [4.69, 9.17) is 5.73 Å². The Morgan fingerprint density at radius 3 is 1.78 bits per heavy atom. The molecule has 0 aromatic heterocycles. The standard InChI is InChI=1S/C37H42N2O2/c1-24-15-17-29(19-26(24)3)21-31-34-13-9-6-10-14-35(32(36(31)40)22-30-18-16-25(2)27(4)20-30)39(34)37(41)33(38)23-28-11-7-5-8-12-28/h5,7-8,11-12,15-22,33-35H,6,9-10,13-14,23,38H2,1-4H3/b31-21+,32-22+/t33-,34?,35?/m0/s1. The average Bonchev–Trinajstić information content (AvgIpc) is 2.94. The summed E-state index contributed by atoms with van der Waals surface area (Å²) in [7, 11) is 0. The van der Waals surface area contributed by atoms with Gasteiger partial charge in [0.25, 0.3) is 0 Å². The van der Waals surface area contributed by atoms with Gasteiger partial charge in [0.05, 0.1) is 18.1 Å². The molecule has 4 nitrogen and oxygen atoms in total. The molecule has 2 unspecified atom stereocenters. The van der Waals surface area contributed by atoms with Gasteiger partial charge in [-0.1, -0.05) is 86.0 Å². The van der Waals surface area contributed by atoms with Crippen molar-refractivity contribution in [2.24, 2.45) is 5.73 Å². The van der Waals surface area contributed by atoms with Crippen LogP contribution in [0.1, 0.15) is 71.0 Å². The monoisotopic (exact) mass is 546 g/mol. The van der Waals surface area contributed by atoms with Crippen LogP contribution in [0.5, 0.6) is 0 Å². The summed E-state index contributed by atoms with van der Waals surface area (Å²) in [6, 6.07) is 21.3. The van der Waals surface area contributed by atoms with Gasteiger partial charge in [-0.15, -0.1) is 0 Å². The molecule has 3 aromatic carbocycles. The van der Waals surface area contributed by atoms with Crippen LogP contribution in [0.25, 0.3) is 12.2 Å². The lowest BCUT2D eigenvalue weighted by Crippen LogP contribution is -2.59. The fraction of sp³-hybridized carbons (Fsp3) is 0.351. The van der Waals surface area contributed by atoms with Crippen molar-refractivity contribution in [3.05, 3.63) is 117 Å². The number of carbonyl (C=O) groups is 2. The molecule has 5 rings (SSSR count). The summed E-state index contributed by atoms with van der Waals surface area (Å²) >= 11 is 0. The third-order valence-corrected chi connectivity index (χ3v) is 8.95. The lowest BCUT2D eigenvalue weighted by atomic mass is 9.77. The highest BCUT2D eigenvalue weighted by atomic mass is 16.2. The maximum atomic E-state index is 14.4. The molecule has 3 aromatic rings. The number of rotatable bonds is 5. The highest BCUT2D eigenvalue weighted by Gasteiger charge is 2.45. The maximum absolute atomic E-state index is 14.4. The van der Waals surface area contributed by atoms with Crippen molar-refractivity contribution in [3.8, 4) is 0 Å². The Hall–Kier alpha value is -3.76. The number of nitrogens with two attached hydrogens (primary N) is 1. The lowest BCUT2D eigenvalue weighted by molar-refractivity contribution is -0.138. The molecule has 212 valence electrons. The van der Waals surface area contributed by atoms with Crippen LogP contribution in [0.4, 0.5) is 0 Å². The van der Waals surface area contributed by atoms with Crippen LogP contribution in [0, 0.1) is 27.7 Å². The number of Topliss-reactive ketones (excluding diaryl/α,β-unsaturated/α-hetero) is 1. The Bertz CT molecular complexity index is 1420. The van der Waals surface area contributed by atoms with E-state index in [1.807, 2.05) is 47.4 Å². The smallest absolute Gasteiger partial charge is 0.240 e. The first kappa shape index (κ1) is 28.8. The van der Waals surface area contributed by atoms with E-state index >= 15 is 0 Å². The summed E-state index contributed by atoms with van der Waals surface area (Å²) in [5, 5.41) is 0. The third kappa shape index (κ3) is 6.28. The van der Waals surface area contributed by atoms with Crippen LogP contribution in [-0.4, -0.2) is 34.7 Å². The zero-order valence-electron chi connectivity index (χ0n) is 24.8. The molecule has 2 saturated heterocycles. The molecular weight excluding hydrogens is 504 g/mol. The van der Waals surface area contributed by atoms with Crippen molar-refractivity contribution in [1.29, 1.82) is 0 Å². The average molecular weight is 547 g/mol. The Kier molecular flexibility index (Phi) is 8.70. The van der Waals surface area contributed by atoms with Crippen LogP contribution in [0.2, 0.25) is 0 Å². The van der Waals surface area contributed by atoms with Crippen molar-refractivity contribution in [1.82, 2.24) is 4.90 Å². The van der Waals surface area contributed by atoms with E-state index in [1.54, 1.807) is 0 Å². The number of nitrogens with zero attached hydrogens (tertiary/aromatic N) is 1. The van der Waals surface area contributed by atoms with Gasteiger partial charge in [-0.25, -0.2) is 0 Å². The van der Waals surface area contributed by atoms with Crippen molar-refractivity contribution in [3.63, 3.8) is 0 Å². The second kappa shape index (κ2) is 12.4. The van der Waals surface area contributed by atoms with Gasteiger partial charge in [-0.2, -0.15) is 0 Å². The highest BCUT2D eigenvalue weighted by molar-refractivity contribution is 6.16. The van der Waals surface area contributed by atoms with Gasteiger partial charge in [0.1, 0.15) is 0 Å². The summed E-state index contributed by atoms with van der Waals surface area (Å²) in [5.74, 6) is -0.0192. The van der Waals surface area contributed by atoms with Crippen molar-refractivity contribution >= 4 is 23.8 Å². The number of piperidine rings is 1. The molecular formula is C37H42N2O2. The summed E-state index contributed by atoms with van der Waals surface area (Å²) in [4.78, 5) is 30.8. The van der Waals surface area contributed by atoms with E-state index in [0.717, 1.165) is 48.8 Å². The van der Waals surface area contributed by atoms with Gasteiger partial charge in [0.2, 0.25) is 5.91 Å². The minimum Gasteiger partial charge on any atom is -0.327 e. The molecule has 2 bridgehead atoms. The zero-order chi connectivity index (χ0) is 29.1. The highest BCUT2D eigenvalue weighted by Crippen LogP contribution is 2.39. The summed E-state index contributed by atoms with van der Waals surface area (Å²) in [5.41, 5.74) is 15.9. The first-order valence-corrected chi connectivity index (χ1v) is 15.0. The van der Waals surface area contributed by atoms with E-state index in [9.17, 15) is 9.59 Å². The molecule has 2 fully saturated rings. The molecule has 0 aliphatic carbocycles. The van der Waals surface area contributed by atoms with Gasteiger partial charge < -0.3 is 10.6 Å². The van der Waals surface area contributed by atoms with Crippen LogP contribution in [-0.2, 0) is 16.0 Å². The number of ketones is 1. The van der Waals surface area contributed by atoms with Crippen LogP contribution >= 0.6 is 0 Å². The fourth-order valence-electron chi connectivity index (χ4n) is 6.27. The number of carbonyl (C=O) groups excluding carboxylic acids is 2. The summed E-state index contributed by atoms with van der Waals surface area (Å²) in [6.07, 6.45) is 9.08. The van der Waals surface area contributed by atoms with Crippen molar-refractivity contribution in [2.45, 2.75) is 84.3 Å². The Labute approximate surface area is 245 Å². The molecule has 0 radical (unpaired) electrons. The van der Waals surface area contributed by atoms with Crippen LogP contribution < -0.4 is 5.73 Å². The fourth-order valence-corrected chi connectivity index (χ4v) is 6.27. The summed E-state index contributed by atoms with van der Waals surface area (Å²) in [6.45, 7) is 8.37. The molecule has 0 saturated carbocycles. The molecule has 0 spiro atoms. The Morgan fingerprint density at radius 2 is 1.29 bits per heavy atom. The zero-order valence-corrected chi connectivity index (χ0v) is 24.8. The van der Waals surface area contributed by atoms with Gasteiger partial charge in [-0.3, -0.25) is 9.59 Å². The molecule has 3 atom stereocenters. The molecule has 1 amide bonds. The number of hydrogen-bond acceptors (Lipinski definition) is 3. The number of hydrogen-bond donors (Lipinski definition) is 1. The van der Waals surface area contributed by atoms with Gasteiger partial charge in [0, 0.05) is 11.1 Å². The molecule has 2 aliphatic heterocycles. The Balaban J connectivity index is 1.63. The largest absolute Gasteiger partial charge is 0.327 e. The van der Waals surface area contributed by atoms with E-state index in [-0.39, 0.29) is 23.8 Å². The topological polar surface area (TPSA) is 63.4 Å². The summed E-state index contributed by atoms with van der Waals surface area (Å²) < 4.78 is 0. The number of aryl methyl sites for hydroxylation is 4. The minimum atomic E-state index is -0.680. The third-order valence-electron chi connectivity index (χ3n) is 8.95. The SMILES string of the molecule is Cc1ccc(/C=C2/C(=O)/C(=C/c3ccc(C)c(C)c3)C3CCCCCC2N3C(=O)[C@@H](N)Cc2ccccc2)cc1C. The number of amides is 1. The number of benzene rings is 3. The molecule has 2 heterocycles. The lowest BCUT2D eigenvalue weighted by Gasteiger charge is -2.46. The molecule has 41 heavy (non-hydrogen) atoms. The maximum Gasteiger partial charge on any atom is 0.240 e. The predicted molar refractivity (Wildman–Crippen MR) is 168 cm³/mol. The predicted octanol–water partition coefficient (Wildman–Crippen LogP) is 7.07. The van der Waals surface area contributed by atoms with Gasteiger partial charge in [0.15, 0.2) is 5.78 Å². The van der Waals surface area contributed by atoms with Crippen LogP contribution in [0.3, 0.4) is 0 Å². The van der Waals surface area contributed by atoms with Crippen molar-refractivity contribution < 1.29 is 9.59 Å².